The SMILES string of the molecule is CC1(C)c2ccccc2-c2ccc(N(c3ccccc3)c3cccc(-c4cccc(-c5ccccc5)c4)c3-c3ccc4oc5ccccc5c4c3)cc21. The van der Waals surface area contributed by atoms with Gasteiger partial charge in [0.05, 0.1) is 5.69 Å². The zero-order valence-corrected chi connectivity index (χ0v) is 29.8. The molecule has 0 aliphatic heterocycles. The lowest BCUT2D eigenvalue weighted by Gasteiger charge is -2.30. The standard InChI is InChI=1S/C51H37NO/c1-51(2)45-24-11-9-21-41(45)42-29-28-39(33-46(42)51)52(38-19-7-4-8-20-38)47-25-14-23-40(36-18-13-17-35(31-36)34-15-5-3-6-16-34)50(47)37-27-30-49-44(32-37)43-22-10-12-26-48(43)53-49/h3-33H,1-2H3. The van der Waals surface area contributed by atoms with Crippen molar-refractivity contribution in [3.05, 3.63) is 199 Å². The highest BCUT2D eigenvalue weighted by atomic mass is 16.3. The van der Waals surface area contributed by atoms with Crippen LogP contribution < -0.4 is 4.90 Å². The third-order valence-corrected chi connectivity index (χ3v) is 11.1. The molecule has 0 fully saturated rings. The van der Waals surface area contributed by atoms with Crippen molar-refractivity contribution in [3.8, 4) is 44.5 Å². The molecule has 0 saturated carbocycles. The van der Waals surface area contributed by atoms with Crippen LogP contribution in [0, 0.1) is 0 Å². The van der Waals surface area contributed by atoms with Crippen LogP contribution in [0.25, 0.3) is 66.4 Å². The molecule has 0 unspecified atom stereocenters. The number of hydrogen-bond donors (Lipinski definition) is 0. The summed E-state index contributed by atoms with van der Waals surface area (Å²) in [7, 11) is 0. The predicted molar refractivity (Wildman–Crippen MR) is 222 cm³/mol. The van der Waals surface area contributed by atoms with E-state index in [9.17, 15) is 0 Å². The minimum Gasteiger partial charge on any atom is -0.456 e. The molecule has 1 aromatic heterocycles. The van der Waals surface area contributed by atoms with Gasteiger partial charge in [0.2, 0.25) is 0 Å². The van der Waals surface area contributed by atoms with Gasteiger partial charge in [0.15, 0.2) is 0 Å². The highest BCUT2D eigenvalue weighted by Gasteiger charge is 2.36. The molecule has 1 aliphatic carbocycles. The average Bonchev–Trinajstić information content (AvgIpc) is 3.70. The number of rotatable bonds is 6. The largest absolute Gasteiger partial charge is 0.456 e. The molecular weight excluding hydrogens is 643 g/mol. The van der Waals surface area contributed by atoms with E-state index < -0.39 is 0 Å². The Morgan fingerprint density at radius 1 is 0.396 bits per heavy atom. The molecule has 0 amide bonds. The quantitative estimate of drug-likeness (QED) is 0.174. The maximum atomic E-state index is 6.32. The molecule has 0 spiro atoms. The summed E-state index contributed by atoms with van der Waals surface area (Å²) in [6.45, 7) is 4.70. The molecule has 0 saturated heterocycles. The zero-order valence-electron chi connectivity index (χ0n) is 29.8. The summed E-state index contributed by atoms with van der Waals surface area (Å²) in [4.78, 5) is 2.44. The van der Waals surface area contributed by atoms with Gasteiger partial charge in [-0.1, -0.05) is 147 Å². The summed E-state index contributed by atoms with van der Waals surface area (Å²) >= 11 is 0. The van der Waals surface area contributed by atoms with Crippen molar-refractivity contribution in [1.82, 2.24) is 0 Å². The first-order valence-electron chi connectivity index (χ1n) is 18.3. The molecule has 0 bridgehead atoms. The molecule has 0 atom stereocenters. The average molecular weight is 680 g/mol. The Balaban J connectivity index is 1.24. The van der Waals surface area contributed by atoms with E-state index in [0.717, 1.165) is 50.1 Å². The second kappa shape index (κ2) is 12.3. The first-order chi connectivity index (χ1) is 26.0. The molecule has 9 aromatic rings. The molecule has 1 heterocycles. The monoisotopic (exact) mass is 679 g/mol. The van der Waals surface area contributed by atoms with Gasteiger partial charge in [0.25, 0.3) is 0 Å². The van der Waals surface area contributed by atoms with Crippen molar-refractivity contribution in [2.24, 2.45) is 0 Å². The lowest BCUT2D eigenvalue weighted by Crippen LogP contribution is -2.17. The van der Waals surface area contributed by atoms with E-state index in [0.29, 0.717) is 0 Å². The minimum absolute atomic E-state index is 0.125. The summed E-state index contributed by atoms with van der Waals surface area (Å²) in [5.74, 6) is 0. The van der Waals surface area contributed by atoms with Gasteiger partial charge in [0.1, 0.15) is 11.2 Å². The van der Waals surface area contributed by atoms with Crippen LogP contribution in [-0.4, -0.2) is 0 Å². The number of anilines is 3. The maximum absolute atomic E-state index is 6.32. The number of benzene rings is 8. The van der Waals surface area contributed by atoms with Crippen molar-refractivity contribution < 1.29 is 4.42 Å². The van der Waals surface area contributed by atoms with E-state index in [4.69, 9.17) is 4.42 Å². The highest BCUT2D eigenvalue weighted by Crippen LogP contribution is 2.52. The van der Waals surface area contributed by atoms with Crippen LogP contribution in [0.3, 0.4) is 0 Å². The Morgan fingerprint density at radius 3 is 1.92 bits per heavy atom. The van der Waals surface area contributed by atoms with Crippen LogP contribution in [0.15, 0.2) is 192 Å². The summed E-state index contributed by atoms with van der Waals surface area (Å²) < 4.78 is 6.32. The smallest absolute Gasteiger partial charge is 0.135 e. The zero-order chi connectivity index (χ0) is 35.5. The summed E-state index contributed by atoms with van der Waals surface area (Å²) in [5, 5.41) is 2.23. The van der Waals surface area contributed by atoms with Crippen molar-refractivity contribution in [2.75, 3.05) is 4.90 Å². The van der Waals surface area contributed by atoms with Crippen molar-refractivity contribution in [1.29, 1.82) is 0 Å². The molecule has 2 nitrogen and oxygen atoms in total. The van der Waals surface area contributed by atoms with E-state index in [1.807, 2.05) is 12.1 Å². The van der Waals surface area contributed by atoms with E-state index >= 15 is 0 Å². The first kappa shape index (κ1) is 31.1. The number of furan rings is 1. The second-order valence-corrected chi connectivity index (χ2v) is 14.5. The van der Waals surface area contributed by atoms with E-state index in [-0.39, 0.29) is 5.41 Å². The Morgan fingerprint density at radius 2 is 1.06 bits per heavy atom. The van der Waals surface area contributed by atoms with Crippen molar-refractivity contribution >= 4 is 39.0 Å². The van der Waals surface area contributed by atoms with Gasteiger partial charge in [-0.3, -0.25) is 0 Å². The minimum atomic E-state index is -0.125. The third kappa shape index (κ3) is 5.10. The van der Waals surface area contributed by atoms with Crippen molar-refractivity contribution in [3.63, 3.8) is 0 Å². The summed E-state index contributed by atoms with van der Waals surface area (Å²) in [6, 6.07) is 68.0. The molecular formula is C51H37NO. The van der Waals surface area contributed by atoms with Gasteiger partial charge < -0.3 is 9.32 Å². The van der Waals surface area contributed by atoms with Crippen molar-refractivity contribution in [2.45, 2.75) is 19.3 Å². The lowest BCUT2D eigenvalue weighted by atomic mass is 9.82. The Labute approximate surface area is 310 Å². The normalized spacial score (nSPS) is 12.9. The predicted octanol–water partition coefficient (Wildman–Crippen LogP) is 14.4. The molecule has 10 rings (SSSR count). The summed E-state index contributed by atoms with van der Waals surface area (Å²) in [6.07, 6.45) is 0. The number of hydrogen-bond acceptors (Lipinski definition) is 2. The molecule has 0 N–H and O–H groups in total. The second-order valence-electron chi connectivity index (χ2n) is 14.5. The fourth-order valence-corrected chi connectivity index (χ4v) is 8.48. The van der Waals surface area contributed by atoms with Crippen LogP contribution in [0.2, 0.25) is 0 Å². The van der Waals surface area contributed by atoms with Gasteiger partial charge in [-0.25, -0.2) is 0 Å². The van der Waals surface area contributed by atoms with E-state index in [2.05, 4.69) is 195 Å². The van der Waals surface area contributed by atoms with Gasteiger partial charge in [-0.15, -0.1) is 0 Å². The van der Waals surface area contributed by atoms with Gasteiger partial charge in [-0.05, 0) is 105 Å². The Bertz CT molecular complexity index is 2810. The lowest BCUT2D eigenvalue weighted by molar-refractivity contribution is 0.660. The molecule has 8 aromatic carbocycles. The van der Waals surface area contributed by atoms with E-state index in [1.165, 1.54) is 44.5 Å². The fourth-order valence-electron chi connectivity index (χ4n) is 8.48. The number of nitrogens with zero attached hydrogens (tertiary/aromatic N) is 1. The highest BCUT2D eigenvalue weighted by molar-refractivity contribution is 6.08. The number of fused-ring (bicyclic) bond motifs is 6. The van der Waals surface area contributed by atoms with E-state index in [1.54, 1.807) is 0 Å². The molecule has 0 radical (unpaired) electrons. The molecule has 53 heavy (non-hydrogen) atoms. The Kier molecular flexibility index (Phi) is 7.19. The maximum Gasteiger partial charge on any atom is 0.135 e. The fraction of sp³-hybridized carbons (Fsp3) is 0.0588. The van der Waals surface area contributed by atoms with Gasteiger partial charge in [-0.2, -0.15) is 0 Å². The number of para-hydroxylation sites is 2. The summed E-state index contributed by atoms with van der Waals surface area (Å²) in [5.41, 5.74) is 17.4. The molecule has 1 aliphatic rings. The molecule has 2 heteroatoms. The third-order valence-electron chi connectivity index (χ3n) is 11.1. The van der Waals surface area contributed by atoms with Gasteiger partial charge in [0, 0.05) is 33.1 Å². The Hall–Kier alpha value is -6.64. The topological polar surface area (TPSA) is 16.4 Å². The van der Waals surface area contributed by atoms with Crippen LogP contribution in [0.4, 0.5) is 17.1 Å². The van der Waals surface area contributed by atoms with Crippen LogP contribution in [0.1, 0.15) is 25.0 Å². The molecule has 252 valence electrons. The first-order valence-corrected chi connectivity index (χ1v) is 18.3. The van der Waals surface area contributed by atoms with Gasteiger partial charge >= 0.3 is 0 Å². The van der Waals surface area contributed by atoms with Crippen LogP contribution >= 0.6 is 0 Å². The van der Waals surface area contributed by atoms with Crippen LogP contribution in [0.5, 0.6) is 0 Å². The van der Waals surface area contributed by atoms with Crippen LogP contribution in [-0.2, 0) is 5.41 Å².